The van der Waals surface area contributed by atoms with Crippen molar-refractivity contribution in [2.75, 3.05) is 0 Å². The number of rotatable bonds is 3. The first-order chi connectivity index (χ1) is 8.66. The van der Waals surface area contributed by atoms with Gasteiger partial charge in [0.2, 0.25) is 0 Å². The molecule has 92 valence electrons. The number of nitrogens with zero attached hydrogens (tertiary/aromatic N) is 2. The van der Waals surface area contributed by atoms with Gasteiger partial charge >= 0.3 is 12.1 Å². The lowest BCUT2D eigenvalue weighted by atomic mass is 10.2. The van der Waals surface area contributed by atoms with Gasteiger partial charge in [-0.2, -0.15) is 9.78 Å². The summed E-state index contributed by atoms with van der Waals surface area (Å²) in [7, 11) is 0. The van der Waals surface area contributed by atoms with Crippen molar-refractivity contribution < 1.29 is 19.4 Å². The minimum absolute atomic E-state index is 0.0340. The first-order valence-electron chi connectivity index (χ1n) is 5.17. The van der Waals surface area contributed by atoms with Gasteiger partial charge in [-0.3, -0.25) is 0 Å². The van der Waals surface area contributed by atoms with Crippen LogP contribution in [0, 0.1) is 0 Å². The summed E-state index contributed by atoms with van der Waals surface area (Å²) in [4.78, 5) is 22.1. The van der Waals surface area contributed by atoms with Crippen LogP contribution in [0.4, 0.5) is 4.79 Å². The Hall–Kier alpha value is -2.63. The van der Waals surface area contributed by atoms with E-state index in [1.54, 1.807) is 0 Å². The molecule has 0 saturated carbocycles. The lowest BCUT2D eigenvalue weighted by Gasteiger charge is -2.02. The minimum Gasteiger partial charge on any atom is -0.463 e. The van der Waals surface area contributed by atoms with Gasteiger partial charge in [0.1, 0.15) is 6.61 Å². The number of ether oxygens (including phenoxy) is 1. The van der Waals surface area contributed by atoms with Crippen LogP contribution in [0.15, 0.2) is 42.6 Å². The van der Waals surface area contributed by atoms with Crippen LogP contribution in [-0.2, 0) is 11.3 Å². The van der Waals surface area contributed by atoms with E-state index in [1.807, 2.05) is 30.3 Å². The zero-order valence-electron chi connectivity index (χ0n) is 9.31. The smallest absolute Gasteiger partial charge is 0.432 e. The molecule has 0 amide bonds. The van der Waals surface area contributed by atoms with Gasteiger partial charge in [0.05, 0.1) is 0 Å². The molecule has 0 bridgehead atoms. The number of aromatic nitrogens is 2. The summed E-state index contributed by atoms with van der Waals surface area (Å²) < 4.78 is 5.65. The number of hydrogen-bond donors (Lipinski definition) is 1. The molecular formula is C12H10N2O4. The molecule has 0 unspecified atom stereocenters. The first-order valence-corrected chi connectivity index (χ1v) is 5.17. The van der Waals surface area contributed by atoms with Crippen LogP contribution in [0.5, 0.6) is 0 Å². The van der Waals surface area contributed by atoms with E-state index in [0.29, 0.717) is 4.68 Å². The molecular weight excluding hydrogens is 236 g/mol. The van der Waals surface area contributed by atoms with E-state index < -0.39 is 12.1 Å². The number of hydrogen-bond acceptors (Lipinski definition) is 4. The highest BCUT2D eigenvalue weighted by atomic mass is 16.5. The van der Waals surface area contributed by atoms with Crippen molar-refractivity contribution in [3.63, 3.8) is 0 Å². The van der Waals surface area contributed by atoms with Crippen molar-refractivity contribution >= 4 is 12.1 Å². The molecule has 0 aliphatic heterocycles. The fraction of sp³-hybridized carbons (Fsp3) is 0.0833. The summed E-state index contributed by atoms with van der Waals surface area (Å²) in [6, 6.07) is 10.5. The third-order valence-corrected chi connectivity index (χ3v) is 2.21. The molecule has 2 aromatic rings. The molecule has 0 saturated heterocycles. The molecule has 0 aliphatic carbocycles. The summed E-state index contributed by atoms with van der Waals surface area (Å²) in [5, 5.41) is 12.2. The second kappa shape index (κ2) is 5.13. The third-order valence-electron chi connectivity index (χ3n) is 2.21. The van der Waals surface area contributed by atoms with Gasteiger partial charge in [0, 0.05) is 6.20 Å². The Kier molecular flexibility index (Phi) is 3.38. The maximum absolute atomic E-state index is 11.6. The molecule has 2 rings (SSSR count). The van der Waals surface area contributed by atoms with Crippen LogP contribution in [0.1, 0.15) is 16.1 Å². The van der Waals surface area contributed by atoms with Crippen molar-refractivity contribution in [1.29, 1.82) is 0 Å². The Morgan fingerprint density at radius 1 is 1.22 bits per heavy atom. The topological polar surface area (TPSA) is 81.4 Å². The van der Waals surface area contributed by atoms with E-state index in [2.05, 4.69) is 5.10 Å². The zero-order valence-corrected chi connectivity index (χ0v) is 9.31. The molecule has 6 heteroatoms. The average Bonchev–Trinajstić information content (AvgIpc) is 2.87. The van der Waals surface area contributed by atoms with Crippen molar-refractivity contribution in [2.45, 2.75) is 6.61 Å². The lowest BCUT2D eigenvalue weighted by Crippen LogP contribution is -2.11. The predicted molar refractivity (Wildman–Crippen MR) is 61.2 cm³/mol. The van der Waals surface area contributed by atoms with Gasteiger partial charge in [0.25, 0.3) is 0 Å². The van der Waals surface area contributed by atoms with Gasteiger partial charge in [-0.05, 0) is 11.6 Å². The summed E-state index contributed by atoms with van der Waals surface area (Å²) in [6.07, 6.45) is -0.0707. The predicted octanol–water partition coefficient (Wildman–Crippen LogP) is 1.77. The number of carbonyl (C=O) groups is 2. The zero-order chi connectivity index (χ0) is 13.0. The first kappa shape index (κ1) is 11.8. The Balaban J connectivity index is 1.97. The summed E-state index contributed by atoms with van der Waals surface area (Å²) in [6.45, 7) is 0.125. The van der Waals surface area contributed by atoms with E-state index in [9.17, 15) is 9.59 Å². The molecule has 0 spiro atoms. The third kappa shape index (κ3) is 2.73. The average molecular weight is 246 g/mol. The van der Waals surface area contributed by atoms with Crippen molar-refractivity contribution in [3.05, 3.63) is 53.9 Å². The van der Waals surface area contributed by atoms with Crippen LogP contribution in [-0.4, -0.2) is 26.9 Å². The fourth-order valence-corrected chi connectivity index (χ4v) is 1.34. The van der Waals surface area contributed by atoms with E-state index in [1.165, 1.54) is 12.3 Å². The van der Waals surface area contributed by atoms with Crippen molar-refractivity contribution in [1.82, 2.24) is 9.78 Å². The standard InChI is InChI=1S/C12H10N2O4/c15-11(10-6-7-14(13-10)12(16)17)18-8-9-4-2-1-3-5-9/h1-7H,8H2,(H,16,17). The van der Waals surface area contributed by atoms with Crippen molar-refractivity contribution in [3.8, 4) is 0 Å². The van der Waals surface area contributed by atoms with Gasteiger partial charge < -0.3 is 9.84 Å². The second-order valence-corrected chi connectivity index (χ2v) is 3.49. The van der Waals surface area contributed by atoms with Gasteiger partial charge in [-0.15, -0.1) is 0 Å². The fourth-order valence-electron chi connectivity index (χ4n) is 1.34. The molecule has 1 heterocycles. The Morgan fingerprint density at radius 2 is 1.94 bits per heavy atom. The molecule has 6 nitrogen and oxygen atoms in total. The molecule has 0 radical (unpaired) electrons. The summed E-state index contributed by atoms with van der Waals surface area (Å²) in [5.41, 5.74) is 0.817. The van der Waals surface area contributed by atoms with Gasteiger partial charge in [-0.1, -0.05) is 30.3 Å². The highest BCUT2D eigenvalue weighted by Crippen LogP contribution is 2.04. The van der Waals surface area contributed by atoms with Crippen LogP contribution >= 0.6 is 0 Å². The molecule has 0 aliphatic rings. The molecule has 18 heavy (non-hydrogen) atoms. The number of carboxylic acid groups (broad SMARTS) is 1. The Morgan fingerprint density at radius 3 is 2.56 bits per heavy atom. The SMILES string of the molecule is O=C(OCc1ccccc1)c1ccn(C(=O)O)n1. The van der Waals surface area contributed by atoms with Crippen LogP contribution in [0.25, 0.3) is 0 Å². The van der Waals surface area contributed by atoms with E-state index in [4.69, 9.17) is 9.84 Å². The minimum atomic E-state index is -1.25. The molecule has 1 aromatic carbocycles. The second-order valence-electron chi connectivity index (χ2n) is 3.49. The molecule has 0 fully saturated rings. The molecule has 0 atom stereocenters. The quantitative estimate of drug-likeness (QED) is 0.834. The molecule has 1 N–H and O–H groups in total. The van der Waals surface area contributed by atoms with Crippen LogP contribution in [0.2, 0.25) is 0 Å². The lowest BCUT2D eigenvalue weighted by molar-refractivity contribution is 0.0465. The van der Waals surface area contributed by atoms with Crippen LogP contribution < -0.4 is 0 Å². The van der Waals surface area contributed by atoms with E-state index in [-0.39, 0.29) is 12.3 Å². The van der Waals surface area contributed by atoms with E-state index >= 15 is 0 Å². The Labute approximate surface area is 102 Å². The normalized spacial score (nSPS) is 10.0. The number of esters is 1. The van der Waals surface area contributed by atoms with Crippen molar-refractivity contribution in [2.24, 2.45) is 0 Å². The molecule has 1 aromatic heterocycles. The summed E-state index contributed by atoms with van der Waals surface area (Å²) >= 11 is 0. The maximum atomic E-state index is 11.6. The van der Waals surface area contributed by atoms with Crippen LogP contribution in [0.3, 0.4) is 0 Å². The van der Waals surface area contributed by atoms with E-state index in [0.717, 1.165) is 5.56 Å². The van der Waals surface area contributed by atoms with Gasteiger partial charge in [0.15, 0.2) is 5.69 Å². The monoisotopic (exact) mass is 246 g/mol. The summed E-state index contributed by atoms with van der Waals surface area (Å²) in [5.74, 6) is -0.654. The highest BCUT2D eigenvalue weighted by molar-refractivity contribution is 5.87. The largest absolute Gasteiger partial charge is 0.463 e. The maximum Gasteiger partial charge on any atom is 0.432 e. The highest BCUT2D eigenvalue weighted by Gasteiger charge is 2.13. The Bertz CT molecular complexity index is 562. The number of carbonyl (C=O) groups excluding carboxylic acids is 1. The number of benzene rings is 1. The van der Waals surface area contributed by atoms with Gasteiger partial charge in [-0.25, -0.2) is 9.59 Å².